The molecule has 1 heterocycles. The zero-order chi connectivity index (χ0) is 18.1. The summed E-state index contributed by atoms with van der Waals surface area (Å²) in [6.45, 7) is 8.41. The van der Waals surface area contributed by atoms with Crippen LogP contribution in [0.1, 0.15) is 20.3 Å². The third-order valence-corrected chi connectivity index (χ3v) is 4.30. The van der Waals surface area contributed by atoms with Crippen LogP contribution < -0.4 is 14.8 Å². The molecule has 140 valence electrons. The summed E-state index contributed by atoms with van der Waals surface area (Å²) in [5.74, 6) is 3.19. The number of hydrogen-bond acceptors (Lipinski definition) is 4. The van der Waals surface area contributed by atoms with E-state index in [1.165, 1.54) is 0 Å². The summed E-state index contributed by atoms with van der Waals surface area (Å²) in [5, 5.41) is 3.42. The summed E-state index contributed by atoms with van der Waals surface area (Å²) in [6, 6.07) is 7.64. The van der Waals surface area contributed by atoms with Crippen molar-refractivity contribution < 1.29 is 14.2 Å². The number of nitrogens with zero attached hydrogens (tertiary/aromatic N) is 2. The average Bonchev–Trinajstić information content (AvgIpc) is 3.10. The lowest BCUT2D eigenvalue weighted by Crippen LogP contribution is -2.43. The van der Waals surface area contributed by atoms with Crippen molar-refractivity contribution in [1.29, 1.82) is 0 Å². The largest absolute Gasteiger partial charge is 0.497 e. The molecule has 0 bridgehead atoms. The monoisotopic (exact) mass is 349 g/mol. The van der Waals surface area contributed by atoms with E-state index in [1.54, 1.807) is 7.11 Å². The molecular formula is C19H31N3O3. The van der Waals surface area contributed by atoms with Gasteiger partial charge in [-0.15, -0.1) is 0 Å². The summed E-state index contributed by atoms with van der Waals surface area (Å²) < 4.78 is 16.6. The first-order chi connectivity index (χ1) is 12.2. The quantitative estimate of drug-likeness (QED) is 0.577. The standard InChI is InChI=1S/C19H31N3O3/c1-5-24-14-16-10-11-22(13-16)19(20-3)21-12-15(2)25-18-8-6-17(23-4)7-9-18/h6-9,15-16H,5,10-14H2,1-4H3,(H,20,21). The molecule has 0 spiro atoms. The lowest BCUT2D eigenvalue weighted by Gasteiger charge is -2.23. The number of likely N-dealkylation sites (tertiary alicyclic amines) is 1. The number of ether oxygens (including phenoxy) is 3. The van der Waals surface area contributed by atoms with Gasteiger partial charge in [0.2, 0.25) is 0 Å². The van der Waals surface area contributed by atoms with Gasteiger partial charge in [-0.3, -0.25) is 4.99 Å². The highest BCUT2D eigenvalue weighted by molar-refractivity contribution is 5.80. The van der Waals surface area contributed by atoms with E-state index < -0.39 is 0 Å². The van der Waals surface area contributed by atoms with Crippen LogP contribution in [0.4, 0.5) is 0 Å². The van der Waals surface area contributed by atoms with Gasteiger partial charge in [0.15, 0.2) is 5.96 Å². The summed E-state index contributed by atoms with van der Waals surface area (Å²) in [7, 11) is 3.48. The minimum absolute atomic E-state index is 0.0342. The molecule has 0 saturated carbocycles. The van der Waals surface area contributed by atoms with Crippen molar-refractivity contribution in [1.82, 2.24) is 10.2 Å². The Hall–Kier alpha value is -1.95. The van der Waals surface area contributed by atoms with E-state index in [0.717, 1.165) is 50.2 Å². The van der Waals surface area contributed by atoms with Gasteiger partial charge < -0.3 is 24.4 Å². The van der Waals surface area contributed by atoms with Crippen molar-refractivity contribution in [2.24, 2.45) is 10.9 Å². The average molecular weight is 349 g/mol. The fourth-order valence-corrected chi connectivity index (χ4v) is 2.94. The van der Waals surface area contributed by atoms with Gasteiger partial charge in [-0.25, -0.2) is 0 Å². The molecule has 1 aromatic carbocycles. The van der Waals surface area contributed by atoms with Gasteiger partial charge in [-0.2, -0.15) is 0 Å². The highest BCUT2D eigenvalue weighted by Gasteiger charge is 2.25. The van der Waals surface area contributed by atoms with Crippen LogP contribution in [0.5, 0.6) is 11.5 Å². The second kappa shape index (κ2) is 10.1. The number of hydrogen-bond donors (Lipinski definition) is 1. The normalized spacial score (nSPS) is 19.0. The first-order valence-corrected chi connectivity index (χ1v) is 9.00. The molecule has 6 heteroatoms. The van der Waals surface area contributed by atoms with Crippen LogP contribution in [0.2, 0.25) is 0 Å². The topological polar surface area (TPSA) is 55.3 Å². The van der Waals surface area contributed by atoms with Crippen LogP contribution in [0.15, 0.2) is 29.3 Å². The van der Waals surface area contributed by atoms with Crippen LogP contribution in [0.3, 0.4) is 0 Å². The van der Waals surface area contributed by atoms with E-state index in [-0.39, 0.29) is 6.10 Å². The molecule has 1 fully saturated rings. The van der Waals surface area contributed by atoms with Crippen molar-refractivity contribution in [2.45, 2.75) is 26.4 Å². The summed E-state index contributed by atoms with van der Waals surface area (Å²) >= 11 is 0. The maximum absolute atomic E-state index is 5.93. The van der Waals surface area contributed by atoms with Crippen molar-refractivity contribution in [3.8, 4) is 11.5 Å². The fourth-order valence-electron chi connectivity index (χ4n) is 2.94. The number of methoxy groups -OCH3 is 1. The molecule has 0 radical (unpaired) electrons. The van der Waals surface area contributed by atoms with Gasteiger partial charge in [0.05, 0.1) is 20.3 Å². The first-order valence-electron chi connectivity index (χ1n) is 9.00. The Bertz CT molecular complexity index is 533. The van der Waals surface area contributed by atoms with Crippen LogP contribution in [0.25, 0.3) is 0 Å². The zero-order valence-electron chi connectivity index (χ0n) is 15.8. The van der Waals surface area contributed by atoms with E-state index in [4.69, 9.17) is 14.2 Å². The molecule has 0 aromatic heterocycles. The van der Waals surface area contributed by atoms with Gasteiger partial charge >= 0.3 is 0 Å². The second-order valence-electron chi connectivity index (χ2n) is 6.29. The molecule has 2 unspecified atom stereocenters. The summed E-state index contributed by atoms with van der Waals surface area (Å²) in [4.78, 5) is 6.70. The van der Waals surface area contributed by atoms with Crippen molar-refractivity contribution in [3.05, 3.63) is 24.3 Å². The Morgan fingerprint density at radius 2 is 2.04 bits per heavy atom. The summed E-state index contributed by atoms with van der Waals surface area (Å²) in [6.07, 6.45) is 1.19. The Morgan fingerprint density at radius 3 is 2.68 bits per heavy atom. The van der Waals surface area contributed by atoms with Gasteiger partial charge in [0.25, 0.3) is 0 Å². The maximum atomic E-state index is 5.93. The lowest BCUT2D eigenvalue weighted by molar-refractivity contribution is 0.114. The van der Waals surface area contributed by atoms with E-state index >= 15 is 0 Å². The molecule has 0 aliphatic carbocycles. The second-order valence-corrected chi connectivity index (χ2v) is 6.29. The van der Waals surface area contributed by atoms with Crippen LogP contribution >= 0.6 is 0 Å². The van der Waals surface area contributed by atoms with E-state index in [9.17, 15) is 0 Å². The molecular weight excluding hydrogens is 318 g/mol. The highest BCUT2D eigenvalue weighted by atomic mass is 16.5. The molecule has 0 amide bonds. The number of guanidine groups is 1. The predicted molar refractivity (Wildman–Crippen MR) is 101 cm³/mol. The van der Waals surface area contributed by atoms with E-state index in [2.05, 4.69) is 15.2 Å². The maximum Gasteiger partial charge on any atom is 0.193 e. The molecule has 1 aromatic rings. The van der Waals surface area contributed by atoms with Gasteiger partial charge in [-0.05, 0) is 44.5 Å². The molecule has 1 N–H and O–H groups in total. The smallest absolute Gasteiger partial charge is 0.193 e. The van der Waals surface area contributed by atoms with Gasteiger partial charge in [-0.1, -0.05) is 0 Å². The molecule has 2 rings (SSSR count). The SMILES string of the molecule is CCOCC1CCN(C(=NC)NCC(C)Oc2ccc(OC)cc2)C1. The number of benzene rings is 1. The third kappa shape index (κ3) is 6.12. The predicted octanol–water partition coefficient (Wildman–Crippen LogP) is 2.40. The van der Waals surface area contributed by atoms with Gasteiger partial charge in [0, 0.05) is 32.7 Å². The summed E-state index contributed by atoms with van der Waals surface area (Å²) in [5.41, 5.74) is 0. The number of rotatable bonds is 8. The minimum Gasteiger partial charge on any atom is -0.497 e. The Morgan fingerprint density at radius 1 is 1.32 bits per heavy atom. The Balaban J connectivity index is 1.76. The lowest BCUT2D eigenvalue weighted by atomic mass is 10.1. The van der Waals surface area contributed by atoms with Crippen LogP contribution in [-0.2, 0) is 4.74 Å². The van der Waals surface area contributed by atoms with Crippen molar-refractivity contribution in [2.75, 3.05) is 47.0 Å². The number of nitrogens with one attached hydrogen (secondary N) is 1. The van der Waals surface area contributed by atoms with E-state index in [0.29, 0.717) is 12.5 Å². The molecule has 1 aliphatic heterocycles. The van der Waals surface area contributed by atoms with Crippen molar-refractivity contribution >= 4 is 5.96 Å². The first kappa shape index (κ1) is 19.4. The zero-order valence-corrected chi connectivity index (χ0v) is 15.8. The Labute approximate surface area is 151 Å². The number of aliphatic imine (C=N–C) groups is 1. The molecule has 1 saturated heterocycles. The van der Waals surface area contributed by atoms with Gasteiger partial charge in [0.1, 0.15) is 17.6 Å². The van der Waals surface area contributed by atoms with E-state index in [1.807, 2.05) is 45.2 Å². The van der Waals surface area contributed by atoms with Crippen LogP contribution in [0, 0.1) is 5.92 Å². The third-order valence-electron chi connectivity index (χ3n) is 4.30. The highest BCUT2D eigenvalue weighted by Crippen LogP contribution is 2.18. The molecule has 1 aliphatic rings. The molecule has 6 nitrogen and oxygen atoms in total. The Kier molecular flexibility index (Phi) is 7.85. The molecule has 2 atom stereocenters. The minimum atomic E-state index is 0.0342. The van der Waals surface area contributed by atoms with Crippen molar-refractivity contribution in [3.63, 3.8) is 0 Å². The fraction of sp³-hybridized carbons (Fsp3) is 0.632. The molecule has 25 heavy (non-hydrogen) atoms. The van der Waals surface area contributed by atoms with Crippen LogP contribution in [-0.4, -0.2) is 64.0 Å².